The maximum atomic E-state index is 13.3. The van der Waals surface area contributed by atoms with E-state index in [0.29, 0.717) is 25.4 Å². The molecule has 0 heterocycles. The van der Waals surface area contributed by atoms with Gasteiger partial charge in [-0.25, -0.2) is 14.0 Å². The standard InChI is InChI=1S/C21H23FN2O3/c1-3-24(15-17-6-5-7-18(22)14-17)21(26)23-19-11-8-16(9-12-19)10-13-20(25)27-4-2/h5-14H,3-4,15H2,1-2H3,(H,23,26)/b13-10-. The summed E-state index contributed by atoms with van der Waals surface area (Å²) in [6.07, 6.45) is 3.00. The third-order valence-corrected chi connectivity index (χ3v) is 3.79. The van der Waals surface area contributed by atoms with Crippen molar-refractivity contribution in [3.63, 3.8) is 0 Å². The van der Waals surface area contributed by atoms with Crippen LogP contribution >= 0.6 is 0 Å². The lowest BCUT2D eigenvalue weighted by Crippen LogP contribution is -2.34. The normalized spacial score (nSPS) is 10.6. The first-order valence-electron chi connectivity index (χ1n) is 8.77. The number of nitrogens with one attached hydrogen (secondary N) is 1. The summed E-state index contributed by atoms with van der Waals surface area (Å²) in [7, 11) is 0. The molecular weight excluding hydrogens is 347 g/mol. The van der Waals surface area contributed by atoms with Crippen molar-refractivity contribution < 1.29 is 18.7 Å². The molecule has 5 nitrogen and oxygen atoms in total. The lowest BCUT2D eigenvalue weighted by molar-refractivity contribution is -0.137. The molecule has 0 aromatic heterocycles. The molecule has 0 atom stereocenters. The molecule has 0 bridgehead atoms. The first-order valence-corrected chi connectivity index (χ1v) is 8.77. The molecule has 6 heteroatoms. The van der Waals surface area contributed by atoms with Crippen molar-refractivity contribution in [3.8, 4) is 0 Å². The Labute approximate surface area is 158 Å². The predicted octanol–water partition coefficient (Wildman–Crippen LogP) is 4.46. The zero-order valence-corrected chi connectivity index (χ0v) is 15.4. The van der Waals surface area contributed by atoms with E-state index >= 15 is 0 Å². The molecule has 27 heavy (non-hydrogen) atoms. The first-order chi connectivity index (χ1) is 13.0. The molecule has 2 amide bonds. The van der Waals surface area contributed by atoms with Gasteiger partial charge < -0.3 is 15.0 Å². The number of halogens is 1. The summed E-state index contributed by atoms with van der Waals surface area (Å²) < 4.78 is 18.1. The Balaban J connectivity index is 1.96. The van der Waals surface area contributed by atoms with Crippen molar-refractivity contribution in [1.29, 1.82) is 0 Å². The smallest absolute Gasteiger partial charge is 0.330 e. The van der Waals surface area contributed by atoms with E-state index in [-0.39, 0.29) is 11.8 Å². The molecule has 0 spiro atoms. The second-order valence-corrected chi connectivity index (χ2v) is 5.78. The fraction of sp³-hybridized carbons (Fsp3) is 0.238. The number of hydrogen-bond donors (Lipinski definition) is 1. The van der Waals surface area contributed by atoms with Crippen LogP contribution in [0.1, 0.15) is 25.0 Å². The van der Waals surface area contributed by atoms with Crippen molar-refractivity contribution >= 4 is 23.8 Å². The van der Waals surface area contributed by atoms with Crippen LogP contribution in [0, 0.1) is 5.82 Å². The van der Waals surface area contributed by atoms with Crippen LogP contribution in [0.3, 0.4) is 0 Å². The molecule has 2 rings (SSSR count). The zero-order valence-electron chi connectivity index (χ0n) is 15.4. The molecule has 142 valence electrons. The second kappa shape index (κ2) is 10.1. The Morgan fingerprint density at radius 2 is 1.89 bits per heavy atom. The topological polar surface area (TPSA) is 58.6 Å². The van der Waals surface area contributed by atoms with Gasteiger partial charge in [-0.2, -0.15) is 0 Å². The summed E-state index contributed by atoms with van der Waals surface area (Å²) in [5.41, 5.74) is 2.17. The van der Waals surface area contributed by atoms with Crippen LogP contribution in [0.25, 0.3) is 6.08 Å². The number of nitrogens with zero attached hydrogens (tertiary/aromatic N) is 1. The van der Waals surface area contributed by atoms with Gasteiger partial charge in [0, 0.05) is 24.9 Å². The molecule has 0 saturated heterocycles. The highest BCUT2D eigenvalue weighted by Crippen LogP contribution is 2.13. The average Bonchev–Trinajstić information content (AvgIpc) is 2.66. The fourth-order valence-electron chi connectivity index (χ4n) is 2.42. The predicted molar refractivity (Wildman–Crippen MR) is 104 cm³/mol. The molecular formula is C21H23FN2O3. The van der Waals surface area contributed by atoms with Crippen molar-refractivity contribution in [2.45, 2.75) is 20.4 Å². The molecule has 2 aromatic carbocycles. The van der Waals surface area contributed by atoms with Crippen LogP contribution in [-0.2, 0) is 16.1 Å². The summed E-state index contributed by atoms with van der Waals surface area (Å²) in [6.45, 7) is 4.75. The minimum atomic E-state index is -0.397. The van der Waals surface area contributed by atoms with Gasteiger partial charge in [-0.1, -0.05) is 24.3 Å². The lowest BCUT2D eigenvalue weighted by Gasteiger charge is -2.21. The quantitative estimate of drug-likeness (QED) is 0.578. The monoisotopic (exact) mass is 370 g/mol. The molecule has 0 aliphatic heterocycles. The van der Waals surface area contributed by atoms with Crippen LogP contribution in [0.4, 0.5) is 14.9 Å². The van der Waals surface area contributed by atoms with E-state index < -0.39 is 5.97 Å². The largest absolute Gasteiger partial charge is 0.463 e. The number of benzene rings is 2. The summed E-state index contributed by atoms with van der Waals surface area (Å²) in [5.74, 6) is -0.721. The van der Waals surface area contributed by atoms with Crippen LogP contribution in [0.2, 0.25) is 0 Å². The van der Waals surface area contributed by atoms with E-state index in [1.165, 1.54) is 18.2 Å². The number of rotatable bonds is 7. The molecule has 0 radical (unpaired) electrons. The fourth-order valence-corrected chi connectivity index (χ4v) is 2.42. The van der Waals surface area contributed by atoms with Crippen LogP contribution < -0.4 is 5.32 Å². The maximum absolute atomic E-state index is 13.3. The van der Waals surface area contributed by atoms with E-state index in [1.807, 2.05) is 6.92 Å². The molecule has 0 aliphatic rings. The highest BCUT2D eigenvalue weighted by molar-refractivity contribution is 5.90. The first kappa shape index (κ1) is 20.2. The summed E-state index contributed by atoms with van der Waals surface area (Å²) >= 11 is 0. The van der Waals surface area contributed by atoms with E-state index in [4.69, 9.17) is 4.74 Å². The van der Waals surface area contributed by atoms with Gasteiger partial charge in [-0.15, -0.1) is 0 Å². The van der Waals surface area contributed by atoms with Gasteiger partial charge in [0.05, 0.1) is 6.61 Å². The number of urea groups is 1. The van der Waals surface area contributed by atoms with Crippen LogP contribution in [-0.4, -0.2) is 30.1 Å². The van der Waals surface area contributed by atoms with Gasteiger partial charge in [-0.05, 0) is 55.3 Å². The Morgan fingerprint density at radius 1 is 1.15 bits per heavy atom. The van der Waals surface area contributed by atoms with Gasteiger partial charge in [0.2, 0.25) is 0 Å². The second-order valence-electron chi connectivity index (χ2n) is 5.78. The summed E-state index contributed by atoms with van der Waals surface area (Å²) in [4.78, 5) is 25.4. The number of anilines is 1. The Kier molecular flexibility index (Phi) is 7.55. The summed E-state index contributed by atoms with van der Waals surface area (Å²) in [5, 5.41) is 2.82. The third kappa shape index (κ3) is 6.58. The Morgan fingerprint density at radius 3 is 2.52 bits per heavy atom. The maximum Gasteiger partial charge on any atom is 0.330 e. The van der Waals surface area contributed by atoms with Crippen LogP contribution in [0.15, 0.2) is 54.6 Å². The number of amides is 2. The molecule has 1 N–H and O–H groups in total. The van der Waals surface area contributed by atoms with Gasteiger partial charge in [0.1, 0.15) is 5.82 Å². The number of carbonyl (C=O) groups is 2. The highest BCUT2D eigenvalue weighted by atomic mass is 19.1. The van der Waals surface area contributed by atoms with Gasteiger partial charge in [0.15, 0.2) is 0 Å². The van der Waals surface area contributed by atoms with Gasteiger partial charge >= 0.3 is 12.0 Å². The van der Waals surface area contributed by atoms with E-state index in [0.717, 1.165) is 11.1 Å². The number of ether oxygens (including phenoxy) is 1. The average molecular weight is 370 g/mol. The van der Waals surface area contributed by atoms with Crippen molar-refractivity contribution in [2.75, 3.05) is 18.5 Å². The van der Waals surface area contributed by atoms with Gasteiger partial charge in [-0.3, -0.25) is 0 Å². The van der Waals surface area contributed by atoms with Crippen LogP contribution in [0.5, 0.6) is 0 Å². The molecule has 2 aromatic rings. The SMILES string of the molecule is CCOC(=O)/C=C\c1ccc(NC(=O)N(CC)Cc2cccc(F)c2)cc1. The Bertz CT molecular complexity index is 803. The van der Waals surface area contributed by atoms with E-state index in [1.54, 1.807) is 54.3 Å². The highest BCUT2D eigenvalue weighted by Gasteiger charge is 2.12. The molecule has 0 aliphatic carbocycles. The van der Waals surface area contributed by atoms with Crippen molar-refractivity contribution in [2.24, 2.45) is 0 Å². The van der Waals surface area contributed by atoms with Crippen molar-refractivity contribution in [3.05, 3.63) is 71.6 Å². The number of esters is 1. The van der Waals surface area contributed by atoms with E-state index in [9.17, 15) is 14.0 Å². The van der Waals surface area contributed by atoms with Crippen molar-refractivity contribution in [1.82, 2.24) is 4.90 Å². The van der Waals surface area contributed by atoms with Gasteiger partial charge in [0.25, 0.3) is 0 Å². The number of hydrogen-bond acceptors (Lipinski definition) is 3. The van der Waals surface area contributed by atoms with E-state index in [2.05, 4.69) is 5.32 Å². The number of carbonyl (C=O) groups excluding carboxylic acids is 2. The lowest BCUT2D eigenvalue weighted by atomic mass is 10.2. The molecule has 0 saturated carbocycles. The molecule has 0 unspecified atom stereocenters. The summed E-state index contributed by atoms with van der Waals surface area (Å²) in [6, 6.07) is 13.0. The Hall–Kier alpha value is -3.15. The third-order valence-electron chi connectivity index (χ3n) is 3.79. The minimum absolute atomic E-state index is 0.267. The molecule has 0 fully saturated rings. The minimum Gasteiger partial charge on any atom is -0.463 e. The zero-order chi connectivity index (χ0) is 19.6.